The van der Waals surface area contributed by atoms with E-state index in [0.717, 1.165) is 31.6 Å². The fourth-order valence-electron chi connectivity index (χ4n) is 5.22. The van der Waals surface area contributed by atoms with E-state index in [9.17, 15) is 14.5 Å². The number of amides is 1. The molecule has 0 saturated heterocycles. The van der Waals surface area contributed by atoms with Gasteiger partial charge in [0.2, 0.25) is 5.91 Å². The van der Waals surface area contributed by atoms with E-state index in [1.807, 2.05) is 0 Å². The summed E-state index contributed by atoms with van der Waals surface area (Å²) >= 11 is 0. The first-order valence-electron chi connectivity index (χ1n) is 9.21. The Kier molecular flexibility index (Phi) is 5.91. The van der Waals surface area contributed by atoms with Crippen LogP contribution in [0.5, 0.6) is 0 Å². The summed E-state index contributed by atoms with van der Waals surface area (Å²) in [5.74, 6) is 2.26. The minimum absolute atomic E-state index is 0.00298. The zero-order valence-electron chi connectivity index (χ0n) is 14.4. The second-order valence-corrected chi connectivity index (χ2v) is 8.69. The molecule has 1 amide bonds. The van der Waals surface area contributed by atoms with Crippen molar-refractivity contribution in [1.82, 2.24) is 5.32 Å². The molecule has 6 nitrogen and oxygen atoms in total. The molecular formula is C17H29NO5P+. The van der Waals surface area contributed by atoms with Crippen LogP contribution < -0.4 is 5.32 Å². The molecule has 0 aromatic rings. The molecule has 3 rings (SSSR count). The fraction of sp³-hybridized carbons (Fsp3) is 0.941. The lowest BCUT2D eigenvalue weighted by molar-refractivity contribution is -0.136. The summed E-state index contributed by atoms with van der Waals surface area (Å²) in [4.78, 5) is 13.0. The lowest BCUT2D eigenvalue weighted by Crippen LogP contribution is -2.50. The van der Waals surface area contributed by atoms with E-state index in [0.29, 0.717) is 18.4 Å². The predicted octanol–water partition coefficient (Wildman–Crippen LogP) is 2.78. The maximum atomic E-state index is 13.0. The third-order valence-corrected chi connectivity index (χ3v) is 6.98. The average molecular weight is 358 g/mol. The number of rotatable bonds is 8. The summed E-state index contributed by atoms with van der Waals surface area (Å²) in [6.07, 6.45) is 7.90. The molecule has 0 aliphatic heterocycles. The van der Waals surface area contributed by atoms with Crippen molar-refractivity contribution in [1.29, 1.82) is 0 Å². The molecule has 3 fully saturated rings. The van der Waals surface area contributed by atoms with E-state index in [4.69, 9.17) is 9.05 Å². The zero-order chi connectivity index (χ0) is 17.2. The maximum absolute atomic E-state index is 13.0. The van der Waals surface area contributed by atoms with Crippen molar-refractivity contribution < 1.29 is 23.5 Å². The molecule has 3 bridgehead atoms. The van der Waals surface area contributed by atoms with Crippen LogP contribution in [0, 0.1) is 23.2 Å². The summed E-state index contributed by atoms with van der Waals surface area (Å²) in [5.41, 5.74) is -0.269. The Labute approximate surface area is 144 Å². The molecule has 2 N–H and O–H groups in total. The number of carbonyl (C=O) groups is 1. The Hall–Kier alpha value is -0.550. The van der Waals surface area contributed by atoms with Crippen LogP contribution in [0.3, 0.4) is 0 Å². The highest BCUT2D eigenvalue weighted by Gasteiger charge is 2.53. The second-order valence-electron chi connectivity index (χ2n) is 7.73. The fourth-order valence-corrected chi connectivity index (χ4v) is 5.81. The quantitative estimate of drug-likeness (QED) is 0.652. The monoisotopic (exact) mass is 358 g/mol. The van der Waals surface area contributed by atoms with Crippen molar-refractivity contribution in [2.75, 3.05) is 19.8 Å². The Bertz CT molecular complexity index is 488. The van der Waals surface area contributed by atoms with Gasteiger partial charge in [-0.2, -0.15) is 0 Å². The van der Waals surface area contributed by atoms with Gasteiger partial charge in [0.25, 0.3) is 0 Å². The molecule has 0 aromatic carbocycles. The van der Waals surface area contributed by atoms with Crippen molar-refractivity contribution in [2.24, 2.45) is 23.2 Å². The number of aliphatic hydroxyl groups excluding tert-OH is 1. The molecular weight excluding hydrogens is 329 g/mol. The highest BCUT2D eigenvalue weighted by atomic mass is 31.1. The van der Waals surface area contributed by atoms with Crippen molar-refractivity contribution in [3.05, 3.63) is 0 Å². The van der Waals surface area contributed by atoms with Crippen LogP contribution in [0.25, 0.3) is 0 Å². The van der Waals surface area contributed by atoms with Crippen molar-refractivity contribution in [3.8, 4) is 0 Å². The van der Waals surface area contributed by atoms with Gasteiger partial charge in [-0.05, 0) is 56.8 Å². The standard InChI is InChI=1S/C17H28NO5P/c1-2-22-24(21)23-11-15(10-19)18-16(20)17-5-3-4-13-6-12(8-17)7-14(13)9-17/h12-15,19H,2-11H2,1H3/p+1/t12-,13?,14?,15?,17-/m0/s1. The topological polar surface area (TPSA) is 84.9 Å². The largest absolute Gasteiger partial charge is 0.697 e. The first-order valence-corrected chi connectivity index (χ1v) is 10.3. The zero-order valence-corrected chi connectivity index (χ0v) is 15.3. The SMILES string of the molecule is CCO[P+](=O)OCC(CO)NC(=O)[C@]12CCCC3C[C@@H](CC3C1)C2. The van der Waals surface area contributed by atoms with E-state index < -0.39 is 14.3 Å². The van der Waals surface area contributed by atoms with Crippen LogP contribution in [0.4, 0.5) is 0 Å². The Morgan fingerprint density at radius 2 is 2.12 bits per heavy atom. The van der Waals surface area contributed by atoms with Gasteiger partial charge in [-0.25, -0.2) is 0 Å². The molecule has 7 heteroatoms. The van der Waals surface area contributed by atoms with Crippen molar-refractivity contribution in [3.63, 3.8) is 0 Å². The summed E-state index contributed by atoms with van der Waals surface area (Å²) in [7, 11) is -2.19. The van der Waals surface area contributed by atoms with Gasteiger partial charge in [-0.3, -0.25) is 4.79 Å². The molecule has 0 spiro atoms. The van der Waals surface area contributed by atoms with Gasteiger partial charge in [0, 0.05) is 9.98 Å². The minimum atomic E-state index is -2.19. The van der Waals surface area contributed by atoms with Gasteiger partial charge in [-0.1, -0.05) is 12.8 Å². The maximum Gasteiger partial charge on any atom is 0.697 e. The molecule has 0 aromatic heterocycles. The van der Waals surface area contributed by atoms with E-state index in [1.165, 1.54) is 19.3 Å². The summed E-state index contributed by atoms with van der Waals surface area (Å²) in [6.45, 7) is 1.81. The number of aliphatic hydroxyl groups is 1. The molecule has 3 aliphatic carbocycles. The van der Waals surface area contributed by atoms with Crippen LogP contribution in [-0.2, 0) is 18.4 Å². The van der Waals surface area contributed by atoms with Gasteiger partial charge < -0.3 is 10.4 Å². The van der Waals surface area contributed by atoms with Crippen LogP contribution in [0.2, 0.25) is 0 Å². The molecule has 4 unspecified atom stereocenters. The third-order valence-electron chi connectivity index (χ3n) is 6.15. The van der Waals surface area contributed by atoms with Gasteiger partial charge in [0.15, 0.2) is 0 Å². The minimum Gasteiger partial charge on any atom is -0.394 e. The van der Waals surface area contributed by atoms with E-state index in [1.54, 1.807) is 6.92 Å². The van der Waals surface area contributed by atoms with Gasteiger partial charge in [0.05, 0.1) is 12.6 Å². The molecule has 6 atom stereocenters. The smallest absolute Gasteiger partial charge is 0.394 e. The van der Waals surface area contributed by atoms with Gasteiger partial charge >= 0.3 is 8.25 Å². The van der Waals surface area contributed by atoms with E-state index >= 15 is 0 Å². The summed E-state index contributed by atoms with van der Waals surface area (Å²) < 4.78 is 21.4. The molecule has 3 aliphatic rings. The lowest BCUT2D eigenvalue weighted by Gasteiger charge is -2.39. The second kappa shape index (κ2) is 7.77. The molecule has 3 saturated carbocycles. The predicted molar refractivity (Wildman–Crippen MR) is 89.4 cm³/mol. The van der Waals surface area contributed by atoms with Gasteiger partial charge in [0.1, 0.15) is 13.2 Å². The highest BCUT2D eigenvalue weighted by molar-refractivity contribution is 7.33. The molecule has 0 heterocycles. The van der Waals surface area contributed by atoms with Crippen LogP contribution >= 0.6 is 8.25 Å². The average Bonchev–Trinajstić information content (AvgIpc) is 2.77. The first-order chi connectivity index (χ1) is 11.6. The Balaban J connectivity index is 1.59. The molecule has 136 valence electrons. The lowest BCUT2D eigenvalue weighted by atomic mass is 9.66. The summed E-state index contributed by atoms with van der Waals surface area (Å²) in [6, 6.07) is -0.537. The number of hydrogen-bond acceptors (Lipinski definition) is 5. The number of hydrogen-bond donors (Lipinski definition) is 2. The number of nitrogens with one attached hydrogen (secondary N) is 1. The highest BCUT2D eigenvalue weighted by Crippen LogP contribution is 2.58. The van der Waals surface area contributed by atoms with Crippen LogP contribution in [-0.4, -0.2) is 36.9 Å². The normalized spacial score (nSPS) is 36.2. The number of fused-ring (bicyclic) bond motifs is 2. The third kappa shape index (κ3) is 3.82. The van der Waals surface area contributed by atoms with E-state index in [-0.39, 0.29) is 24.5 Å². The number of carbonyl (C=O) groups excluding carboxylic acids is 1. The van der Waals surface area contributed by atoms with Gasteiger partial charge in [-0.15, -0.1) is 9.05 Å². The summed E-state index contributed by atoms with van der Waals surface area (Å²) in [5, 5.41) is 12.5. The van der Waals surface area contributed by atoms with Crippen molar-refractivity contribution >= 4 is 14.2 Å². The molecule has 0 radical (unpaired) electrons. The first kappa shape index (κ1) is 18.2. The Morgan fingerprint density at radius 3 is 2.88 bits per heavy atom. The van der Waals surface area contributed by atoms with E-state index in [2.05, 4.69) is 5.32 Å². The van der Waals surface area contributed by atoms with Crippen LogP contribution in [0.15, 0.2) is 0 Å². The Morgan fingerprint density at radius 1 is 1.33 bits per heavy atom. The van der Waals surface area contributed by atoms with Crippen LogP contribution in [0.1, 0.15) is 51.9 Å². The van der Waals surface area contributed by atoms with Crippen molar-refractivity contribution in [2.45, 2.75) is 57.9 Å². The molecule has 24 heavy (non-hydrogen) atoms.